The molecule has 0 radical (unpaired) electrons. The van der Waals surface area contributed by atoms with Crippen LogP contribution in [0.1, 0.15) is 9.67 Å². The maximum atomic E-state index is 12.2. The van der Waals surface area contributed by atoms with Crippen LogP contribution in [-0.4, -0.2) is 25.1 Å². The molecule has 0 aliphatic heterocycles. The number of halogens is 1. The standard InChI is InChI=1S/C16H13BrN2O3S2/c1-21-9-3-4-10(12(7-9)22-2)11-8-23-16(18-11)19-15(20)13-5-6-14(17)24-13/h3-8H,1-2H3,(H,18,19,20). The van der Waals surface area contributed by atoms with Crippen molar-refractivity contribution in [1.29, 1.82) is 0 Å². The van der Waals surface area contributed by atoms with E-state index >= 15 is 0 Å². The first-order chi connectivity index (χ1) is 11.6. The molecule has 0 saturated carbocycles. The first-order valence-corrected chi connectivity index (χ1v) is 9.34. The van der Waals surface area contributed by atoms with Crippen LogP contribution in [0.25, 0.3) is 11.3 Å². The van der Waals surface area contributed by atoms with Gasteiger partial charge in [0.2, 0.25) is 0 Å². The zero-order valence-corrected chi connectivity index (χ0v) is 16.0. The molecule has 0 unspecified atom stereocenters. The van der Waals surface area contributed by atoms with Crippen LogP contribution in [0.15, 0.2) is 39.5 Å². The predicted octanol–water partition coefficient (Wildman–Crippen LogP) is 4.90. The lowest BCUT2D eigenvalue weighted by atomic mass is 10.1. The summed E-state index contributed by atoms with van der Waals surface area (Å²) in [6.07, 6.45) is 0. The molecule has 124 valence electrons. The number of anilines is 1. The molecule has 1 N–H and O–H groups in total. The summed E-state index contributed by atoms with van der Waals surface area (Å²) in [7, 11) is 3.20. The molecule has 2 aromatic heterocycles. The van der Waals surface area contributed by atoms with Crippen molar-refractivity contribution in [3.05, 3.63) is 44.4 Å². The summed E-state index contributed by atoms with van der Waals surface area (Å²) in [5, 5.41) is 5.23. The van der Waals surface area contributed by atoms with Crippen LogP contribution < -0.4 is 14.8 Å². The van der Waals surface area contributed by atoms with E-state index in [-0.39, 0.29) is 5.91 Å². The molecule has 0 spiro atoms. The number of ether oxygens (including phenoxy) is 2. The number of nitrogens with one attached hydrogen (secondary N) is 1. The van der Waals surface area contributed by atoms with Crippen LogP contribution >= 0.6 is 38.6 Å². The van der Waals surface area contributed by atoms with Gasteiger partial charge in [0.05, 0.1) is 28.6 Å². The lowest BCUT2D eigenvalue weighted by molar-refractivity contribution is 0.103. The highest BCUT2D eigenvalue weighted by atomic mass is 79.9. The highest BCUT2D eigenvalue weighted by Crippen LogP contribution is 2.35. The van der Waals surface area contributed by atoms with Gasteiger partial charge in [-0.15, -0.1) is 22.7 Å². The number of thiazole rings is 1. The first kappa shape index (κ1) is 16.9. The number of hydrogen-bond donors (Lipinski definition) is 1. The molecule has 5 nitrogen and oxygen atoms in total. The Labute approximate surface area is 155 Å². The smallest absolute Gasteiger partial charge is 0.267 e. The van der Waals surface area contributed by atoms with Crippen LogP contribution in [0.5, 0.6) is 11.5 Å². The summed E-state index contributed by atoms with van der Waals surface area (Å²) in [6, 6.07) is 9.14. The Kier molecular flexibility index (Phi) is 5.17. The third kappa shape index (κ3) is 3.61. The third-order valence-electron chi connectivity index (χ3n) is 3.21. The van der Waals surface area contributed by atoms with Crippen LogP contribution in [0, 0.1) is 0 Å². The minimum atomic E-state index is -0.173. The summed E-state index contributed by atoms with van der Waals surface area (Å²) in [5.41, 5.74) is 1.58. The summed E-state index contributed by atoms with van der Waals surface area (Å²) in [4.78, 5) is 17.3. The zero-order chi connectivity index (χ0) is 17.1. The van der Waals surface area contributed by atoms with Crippen LogP contribution in [0.2, 0.25) is 0 Å². The van der Waals surface area contributed by atoms with Crippen LogP contribution in [0.3, 0.4) is 0 Å². The van der Waals surface area contributed by atoms with Gasteiger partial charge in [0.25, 0.3) is 5.91 Å². The minimum absolute atomic E-state index is 0.173. The average molecular weight is 425 g/mol. The Morgan fingerprint density at radius 1 is 1.21 bits per heavy atom. The predicted molar refractivity (Wildman–Crippen MR) is 101 cm³/mol. The minimum Gasteiger partial charge on any atom is -0.497 e. The highest BCUT2D eigenvalue weighted by molar-refractivity contribution is 9.11. The van der Waals surface area contributed by atoms with Gasteiger partial charge in [-0.1, -0.05) is 0 Å². The molecule has 1 amide bonds. The first-order valence-electron chi connectivity index (χ1n) is 6.85. The second-order valence-corrected chi connectivity index (χ2v) is 7.98. The van der Waals surface area contributed by atoms with Gasteiger partial charge in [0.15, 0.2) is 5.13 Å². The van der Waals surface area contributed by atoms with Crippen molar-refractivity contribution in [3.8, 4) is 22.8 Å². The number of aromatic nitrogens is 1. The maximum Gasteiger partial charge on any atom is 0.267 e. The molecule has 24 heavy (non-hydrogen) atoms. The molecule has 2 heterocycles. The summed E-state index contributed by atoms with van der Waals surface area (Å²) in [5.74, 6) is 1.20. The van der Waals surface area contributed by atoms with Crippen molar-refractivity contribution < 1.29 is 14.3 Å². The van der Waals surface area contributed by atoms with E-state index in [2.05, 4.69) is 26.2 Å². The third-order valence-corrected chi connectivity index (χ3v) is 5.59. The number of thiophene rings is 1. The lowest BCUT2D eigenvalue weighted by Crippen LogP contribution is -2.09. The molecule has 3 rings (SSSR count). The summed E-state index contributed by atoms with van der Waals surface area (Å²) in [6.45, 7) is 0. The van der Waals surface area contributed by atoms with Crippen molar-refractivity contribution in [2.75, 3.05) is 19.5 Å². The van der Waals surface area contributed by atoms with E-state index in [0.29, 0.717) is 21.5 Å². The molecule has 8 heteroatoms. The second-order valence-electron chi connectivity index (χ2n) is 4.66. The van der Waals surface area contributed by atoms with Crippen molar-refractivity contribution >= 4 is 49.6 Å². The van der Waals surface area contributed by atoms with Gasteiger partial charge < -0.3 is 9.47 Å². The van der Waals surface area contributed by atoms with E-state index in [9.17, 15) is 4.79 Å². The number of rotatable bonds is 5. The lowest BCUT2D eigenvalue weighted by Gasteiger charge is -2.08. The SMILES string of the molecule is COc1ccc(-c2csc(NC(=O)c3ccc(Br)s3)n2)c(OC)c1. The fourth-order valence-corrected chi connectivity index (χ4v) is 4.05. The fraction of sp³-hybridized carbons (Fsp3) is 0.125. The van der Waals surface area contributed by atoms with E-state index in [1.807, 2.05) is 23.6 Å². The number of carbonyl (C=O) groups excluding carboxylic acids is 1. The van der Waals surface area contributed by atoms with Crippen molar-refractivity contribution in [1.82, 2.24) is 4.98 Å². The molecule has 1 aromatic carbocycles. The Balaban J connectivity index is 1.82. The van der Waals surface area contributed by atoms with Gasteiger partial charge in [-0.2, -0.15) is 0 Å². The zero-order valence-electron chi connectivity index (χ0n) is 12.8. The number of hydrogen-bond acceptors (Lipinski definition) is 6. The highest BCUT2D eigenvalue weighted by Gasteiger charge is 2.14. The molecule has 0 atom stereocenters. The van der Waals surface area contributed by atoms with E-state index in [4.69, 9.17) is 9.47 Å². The Bertz CT molecular complexity index is 876. The number of benzene rings is 1. The summed E-state index contributed by atoms with van der Waals surface area (Å²) >= 11 is 6.09. The van der Waals surface area contributed by atoms with Gasteiger partial charge in [-0.3, -0.25) is 10.1 Å². The largest absolute Gasteiger partial charge is 0.497 e. The van der Waals surface area contributed by atoms with Crippen molar-refractivity contribution in [3.63, 3.8) is 0 Å². The molecular formula is C16H13BrN2O3S2. The Morgan fingerprint density at radius 3 is 2.71 bits per heavy atom. The van der Waals surface area contributed by atoms with Crippen LogP contribution in [-0.2, 0) is 0 Å². The molecule has 0 saturated heterocycles. The quantitative estimate of drug-likeness (QED) is 0.632. The molecule has 0 fully saturated rings. The van der Waals surface area contributed by atoms with Gasteiger partial charge in [-0.05, 0) is 40.2 Å². The molecule has 0 aliphatic carbocycles. The maximum absolute atomic E-state index is 12.2. The number of carbonyl (C=O) groups is 1. The number of amides is 1. The van der Waals surface area contributed by atoms with Gasteiger partial charge in [-0.25, -0.2) is 4.98 Å². The van der Waals surface area contributed by atoms with E-state index < -0.39 is 0 Å². The van der Waals surface area contributed by atoms with E-state index in [0.717, 1.165) is 15.0 Å². The van der Waals surface area contributed by atoms with Gasteiger partial charge in [0, 0.05) is 17.0 Å². The Hall–Kier alpha value is -1.90. The van der Waals surface area contributed by atoms with Crippen molar-refractivity contribution in [2.24, 2.45) is 0 Å². The fourth-order valence-electron chi connectivity index (χ4n) is 2.06. The topological polar surface area (TPSA) is 60.5 Å². The molecule has 0 aliphatic rings. The van der Waals surface area contributed by atoms with Crippen molar-refractivity contribution in [2.45, 2.75) is 0 Å². The normalized spacial score (nSPS) is 10.5. The Morgan fingerprint density at radius 2 is 2.04 bits per heavy atom. The average Bonchev–Trinajstić information content (AvgIpc) is 3.23. The molecule has 0 bridgehead atoms. The number of methoxy groups -OCH3 is 2. The van der Waals surface area contributed by atoms with Gasteiger partial charge in [0.1, 0.15) is 11.5 Å². The van der Waals surface area contributed by atoms with E-state index in [1.54, 1.807) is 26.4 Å². The van der Waals surface area contributed by atoms with E-state index in [1.165, 1.54) is 22.7 Å². The van der Waals surface area contributed by atoms with Gasteiger partial charge >= 0.3 is 0 Å². The number of nitrogens with zero attached hydrogens (tertiary/aromatic N) is 1. The molecular weight excluding hydrogens is 412 g/mol. The second kappa shape index (κ2) is 7.33. The summed E-state index contributed by atoms with van der Waals surface area (Å²) < 4.78 is 11.5. The molecule has 3 aromatic rings. The monoisotopic (exact) mass is 424 g/mol. The van der Waals surface area contributed by atoms with Crippen LogP contribution in [0.4, 0.5) is 5.13 Å².